The summed E-state index contributed by atoms with van der Waals surface area (Å²) in [5, 5.41) is 0. The Bertz CT molecular complexity index is 850. The van der Waals surface area contributed by atoms with Crippen molar-refractivity contribution >= 4 is 31.5 Å². The maximum atomic E-state index is 11.3. The lowest BCUT2D eigenvalue weighted by atomic mass is 10.3. The van der Waals surface area contributed by atoms with Gasteiger partial charge in [-0.2, -0.15) is 16.8 Å². The third kappa shape index (κ3) is 2.47. The quantitative estimate of drug-likeness (QED) is 0.790. The first-order chi connectivity index (χ1) is 8.64. The number of benzene rings is 1. The van der Waals surface area contributed by atoms with Gasteiger partial charge in [-0.25, -0.2) is 8.96 Å². The Morgan fingerprint density at radius 1 is 1.21 bits per heavy atom. The Balaban J connectivity index is 2.86. The zero-order chi connectivity index (χ0) is 14.4. The average molecular weight is 306 g/mol. The molecule has 0 aliphatic carbocycles. The minimum Gasteiger partial charge on any atom is -0.282 e. The van der Waals surface area contributed by atoms with Crippen molar-refractivity contribution in [3.8, 4) is 0 Å². The number of nitrogens with zero attached hydrogens (tertiary/aromatic N) is 2. The molecule has 2 aromatic rings. The second-order valence-electron chi connectivity index (χ2n) is 3.75. The van der Waals surface area contributed by atoms with E-state index in [2.05, 4.69) is 4.98 Å². The Kier molecular flexibility index (Phi) is 3.13. The molecule has 2 N–H and O–H groups in total. The van der Waals surface area contributed by atoms with Gasteiger partial charge in [-0.15, -0.1) is 0 Å². The molecule has 0 unspecified atom stereocenters. The predicted molar refractivity (Wildman–Crippen MR) is 65.9 cm³/mol. The number of aromatic nitrogens is 2. The van der Waals surface area contributed by atoms with Gasteiger partial charge in [0.15, 0.2) is 0 Å². The van der Waals surface area contributed by atoms with Crippen molar-refractivity contribution in [1.29, 1.82) is 0 Å². The highest BCUT2D eigenvalue weighted by Crippen LogP contribution is 2.22. The lowest BCUT2D eigenvalue weighted by Crippen LogP contribution is -2.13. The van der Waals surface area contributed by atoms with Crippen LogP contribution in [0.5, 0.6) is 0 Å². The standard InChI is InChI=1S/C9H10N2O6S2/c1-2-9-10-7-5-6(18(12,13)14)3-4-8(7)11(9)19(15,16)17/h3-5H,2H2,1H3,(H,12,13,14)(H,15,16,17). The van der Waals surface area contributed by atoms with E-state index in [0.717, 1.165) is 18.2 Å². The van der Waals surface area contributed by atoms with Crippen LogP contribution < -0.4 is 0 Å². The van der Waals surface area contributed by atoms with E-state index in [9.17, 15) is 16.8 Å². The first-order valence-corrected chi connectivity index (χ1v) is 7.95. The Hall–Kier alpha value is -1.49. The molecule has 10 heteroatoms. The van der Waals surface area contributed by atoms with Crippen molar-refractivity contribution in [1.82, 2.24) is 8.96 Å². The number of imidazole rings is 1. The molecule has 2 rings (SSSR count). The summed E-state index contributed by atoms with van der Waals surface area (Å²) in [6, 6.07) is 3.21. The normalized spacial score (nSPS) is 13.0. The molecule has 104 valence electrons. The fourth-order valence-corrected chi connectivity index (χ4v) is 3.07. The summed E-state index contributed by atoms with van der Waals surface area (Å²) < 4.78 is 63.2. The van der Waals surface area contributed by atoms with Gasteiger partial charge in [-0.05, 0) is 18.2 Å². The van der Waals surface area contributed by atoms with Crippen LogP contribution in [0.15, 0.2) is 23.1 Å². The van der Waals surface area contributed by atoms with Crippen LogP contribution in [-0.4, -0.2) is 34.9 Å². The molecule has 0 saturated carbocycles. The fourth-order valence-electron chi connectivity index (χ4n) is 1.73. The van der Waals surface area contributed by atoms with E-state index >= 15 is 0 Å². The van der Waals surface area contributed by atoms with Gasteiger partial charge in [0, 0.05) is 6.42 Å². The molecule has 0 aliphatic rings. The third-order valence-electron chi connectivity index (χ3n) is 2.49. The first kappa shape index (κ1) is 13.9. The van der Waals surface area contributed by atoms with Crippen LogP contribution in [-0.2, 0) is 26.8 Å². The van der Waals surface area contributed by atoms with E-state index in [1.165, 1.54) is 0 Å². The van der Waals surface area contributed by atoms with Gasteiger partial charge >= 0.3 is 10.3 Å². The molecule has 1 aromatic heterocycles. The summed E-state index contributed by atoms with van der Waals surface area (Å²) in [6.07, 6.45) is 0.218. The molecular formula is C9H10N2O6S2. The second kappa shape index (κ2) is 4.27. The van der Waals surface area contributed by atoms with Crippen molar-refractivity contribution in [3.63, 3.8) is 0 Å². The van der Waals surface area contributed by atoms with Gasteiger partial charge in [0.2, 0.25) is 0 Å². The summed E-state index contributed by atoms with van der Waals surface area (Å²) in [4.78, 5) is 3.52. The molecule has 0 fully saturated rings. The summed E-state index contributed by atoms with van der Waals surface area (Å²) >= 11 is 0. The van der Waals surface area contributed by atoms with E-state index < -0.39 is 25.3 Å². The average Bonchev–Trinajstić information content (AvgIpc) is 2.64. The van der Waals surface area contributed by atoms with Gasteiger partial charge in [-0.1, -0.05) is 6.92 Å². The van der Waals surface area contributed by atoms with Gasteiger partial charge in [0.05, 0.1) is 15.9 Å². The molecule has 0 spiro atoms. The van der Waals surface area contributed by atoms with Crippen molar-refractivity contribution in [2.24, 2.45) is 0 Å². The number of hydrogen-bond donors (Lipinski definition) is 2. The van der Waals surface area contributed by atoms with E-state index in [1.54, 1.807) is 6.92 Å². The molecular weight excluding hydrogens is 296 g/mol. The third-order valence-corrected chi connectivity index (χ3v) is 4.21. The highest BCUT2D eigenvalue weighted by Gasteiger charge is 2.20. The van der Waals surface area contributed by atoms with Crippen molar-refractivity contribution < 1.29 is 25.9 Å². The highest BCUT2D eigenvalue weighted by atomic mass is 32.2. The monoisotopic (exact) mass is 306 g/mol. The predicted octanol–water partition coefficient (Wildman–Crippen LogP) is 0.496. The molecule has 19 heavy (non-hydrogen) atoms. The number of fused-ring (bicyclic) bond motifs is 1. The summed E-state index contributed by atoms with van der Waals surface area (Å²) in [7, 11) is -8.94. The smallest absolute Gasteiger partial charge is 0.282 e. The zero-order valence-electron chi connectivity index (χ0n) is 9.68. The summed E-state index contributed by atoms with van der Waals surface area (Å²) in [6.45, 7) is 1.63. The minimum atomic E-state index is -4.53. The fraction of sp³-hybridized carbons (Fsp3) is 0.222. The molecule has 0 amide bonds. The van der Waals surface area contributed by atoms with Crippen LogP contribution in [0.1, 0.15) is 12.7 Å². The highest BCUT2D eigenvalue weighted by molar-refractivity contribution is 7.85. The number of aryl methyl sites for hydroxylation is 1. The van der Waals surface area contributed by atoms with Crippen LogP contribution in [0, 0.1) is 0 Å². The molecule has 1 heterocycles. The molecule has 1 aromatic carbocycles. The maximum absolute atomic E-state index is 11.3. The summed E-state index contributed by atoms with van der Waals surface area (Å²) in [5.41, 5.74) is 0.0800. The largest absolute Gasteiger partial charge is 0.365 e. The minimum absolute atomic E-state index is 0.0340. The molecule has 0 aliphatic heterocycles. The van der Waals surface area contributed by atoms with E-state index in [1.807, 2.05) is 0 Å². The number of rotatable bonds is 3. The molecule has 0 atom stereocenters. The Labute approximate surface area is 109 Å². The topological polar surface area (TPSA) is 127 Å². The van der Waals surface area contributed by atoms with E-state index in [4.69, 9.17) is 9.11 Å². The molecule has 0 saturated heterocycles. The Morgan fingerprint density at radius 3 is 2.32 bits per heavy atom. The van der Waals surface area contributed by atoms with Gasteiger partial charge in [0.25, 0.3) is 10.1 Å². The van der Waals surface area contributed by atoms with Crippen molar-refractivity contribution in [2.45, 2.75) is 18.2 Å². The van der Waals surface area contributed by atoms with Crippen molar-refractivity contribution in [2.75, 3.05) is 0 Å². The second-order valence-corrected chi connectivity index (χ2v) is 6.43. The lowest BCUT2D eigenvalue weighted by Gasteiger charge is -2.03. The van der Waals surface area contributed by atoms with E-state index in [-0.39, 0.29) is 23.3 Å². The SMILES string of the molecule is CCc1nc2cc(S(=O)(=O)O)ccc2n1S(=O)(=O)O. The van der Waals surface area contributed by atoms with Crippen LogP contribution >= 0.6 is 0 Å². The first-order valence-electron chi connectivity index (χ1n) is 5.11. The molecule has 8 nitrogen and oxygen atoms in total. The zero-order valence-corrected chi connectivity index (χ0v) is 11.3. The summed E-state index contributed by atoms with van der Waals surface area (Å²) in [5.74, 6) is 0.0602. The Morgan fingerprint density at radius 2 is 1.84 bits per heavy atom. The van der Waals surface area contributed by atoms with Gasteiger partial charge in [-0.3, -0.25) is 9.11 Å². The van der Waals surface area contributed by atoms with Crippen molar-refractivity contribution in [3.05, 3.63) is 24.0 Å². The molecule has 0 radical (unpaired) electrons. The maximum Gasteiger partial charge on any atom is 0.365 e. The van der Waals surface area contributed by atoms with Crippen LogP contribution in [0.3, 0.4) is 0 Å². The van der Waals surface area contributed by atoms with Crippen LogP contribution in [0.4, 0.5) is 0 Å². The number of hydrogen-bond acceptors (Lipinski definition) is 5. The van der Waals surface area contributed by atoms with Crippen LogP contribution in [0.25, 0.3) is 11.0 Å². The lowest BCUT2D eigenvalue weighted by molar-refractivity contribution is 0.472. The van der Waals surface area contributed by atoms with E-state index in [0.29, 0.717) is 3.97 Å². The van der Waals surface area contributed by atoms with Crippen LogP contribution in [0.2, 0.25) is 0 Å². The van der Waals surface area contributed by atoms with Gasteiger partial charge in [0.1, 0.15) is 5.82 Å². The van der Waals surface area contributed by atoms with Gasteiger partial charge < -0.3 is 0 Å². The molecule has 0 bridgehead atoms.